The average molecular weight is 411 g/mol. The molecule has 0 saturated heterocycles. The monoisotopic (exact) mass is 410 g/mol. The van der Waals surface area contributed by atoms with Crippen LogP contribution in [-0.2, 0) is 10.5 Å². The number of benzene rings is 1. The number of alkyl halides is 2. The Morgan fingerprint density at radius 3 is 2.63 bits per heavy atom. The molecule has 1 aromatic carbocycles. The summed E-state index contributed by atoms with van der Waals surface area (Å²) >= 11 is 7.74. The molecule has 0 aliphatic heterocycles. The Kier molecular flexibility index (Phi) is 5.92. The molecule has 2 amide bonds. The van der Waals surface area contributed by atoms with Crippen molar-refractivity contribution in [3.63, 3.8) is 0 Å². The topological polar surface area (TPSA) is 75.5 Å². The van der Waals surface area contributed by atoms with E-state index in [2.05, 4.69) is 5.10 Å². The lowest BCUT2D eigenvalue weighted by Gasteiger charge is -2.07. The predicted octanol–water partition coefficient (Wildman–Crippen LogP) is 3.31. The van der Waals surface area contributed by atoms with Crippen molar-refractivity contribution in [1.82, 2.24) is 20.5 Å². The van der Waals surface area contributed by atoms with Crippen molar-refractivity contribution in [2.45, 2.75) is 17.1 Å². The average Bonchev–Trinajstić information content (AvgIpc) is 3.09. The maximum absolute atomic E-state index is 12.2. The van der Waals surface area contributed by atoms with Crippen LogP contribution in [0, 0.1) is 0 Å². The van der Waals surface area contributed by atoms with Gasteiger partial charge in [-0.2, -0.15) is 13.9 Å². The summed E-state index contributed by atoms with van der Waals surface area (Å²) in [5.74, 6) is -1.68. The first-order chi connectivity index (χ1) is 13.0. The number of carbonyl (C=O) groups excluding carboxylic acids is 2. The van der Waals surface area contributed by atoms with E-state index in [1.54, 1.807) is 17.6 Å². The third-order valence-electron chi connectivity index (χ3n) is 3.54. The van der Waals surface area contributed by atoms with Crippen LogP contribution in [0.3, 0.4) is 0 Å². The summed E-state index contributed by atoms with van der Waals surface area (Å²) in [6.45, 7) is 0. The third-order valence-corrected chi connectivity index (χ3v) is 4.86. The molecule has 0 spiro atoms. The van der Waals surface area contributed by atoms with Gasteiger partial charge in [-0.1, -0.05) is 41.9 Å². The number of nitrogens with zero attached hydrogens (tertiary/aromatic N) is 2. The zero-order valence-corrected chi connectivity index (χ0v) is 15.2. The van der Waals surface area contributed by atoms with Crippen molar-refractivity contribution >= 4 is 40.7 Å². The molecule has 0 radical (unpaired) electrons. The van der Waals surface area contributed by atoms with Gasteiger partial charge in [0, 0.05) is 10.6 Å². The van der Waals surface area contributed by atoms with Crippen LogP contribution in [0.5, 0.6) is 0 Å². The molecular weight excluding hydrogens is 398 g/mol. The summed E-state index contributed by atoms with van der Waals surface area (Å²) in [6, 6.07) is 13.2. The highest BCUT2D eigenvalue weighted by atomic mass is 35.5. The van der Waals surface area contributed by atoms with Gasteiger partial charge in [0.05, 0.1) is 17.3 Å². The Hall–Kier alpha value is -2.65. The minimum absolute atomic E-state index is 0.0913. The van der Waals surface area contributed by atoms with Crippen molar-refractivity contribution in [2.75, 3.05) is 0 Å². The number of nitrogens with one attached hydrogen (secondary N) is 2. The highest BCUT2D eigenvalue weighted by Gasteiger charge is 2.19. The first-order valence-corrected chi connectivity index (χ1v) is 9.04. The van der Waals surface area contributed by atoms with Crippen molar-refractivity contribution < 1.29 is 18.4 Å². The number of amides is 2. The first kappa shape index (κ1) is 19.1. The van der Waals surface area contributed by atoms with E-state index < -0.39 is 18.2 Å². The fraction of sp³-hybridized carbons (Fsp3) is 0.118. The number of pyridine rings is 1. The molecule has 140 valence electrons. The summed E-state index contributed by atoms with van der Waals surface area (Å²) in [5.41, 5.74) is 5.19. The van der Waals surface area contributed by atoms with E-state index in [1.165, 1.54) is 22.5 Å². The zero-order valence-electron chi connectivity index (χ0n) is 13.7. The lowest BCUT2D eigenvalue weighted by molar-refractivity contribution is -0.132. The van der Waals surface area contributed by atoms with Gasteiger partial charge >= 0.3 is 12.3 Å². The summed E-state index contributed by atoms with van der Waals surface area (Å²) in [5, 5.41) is 4.31. The lowest BCUT2D eigenvalue weighted by Crippen LogP contribution is -2.44. The second kappa shape index (κ2) is 8.36. The van der Waals surface area contributed by atoms with Gasteiger partial charge in [-0.3, -0.25) is 20.4 Å². The maximum Gasteiger partial charge on any atom is 0.317 e. The van der Waals surface area contributed by atoms with Crippen LogP contribution in [0.4, 0.5) is 8.78 Å². The molecule has 2 N–H and O–H groups in total. The van der Waals surface area contributed by atoms with Gasteiger partial charge in [0.15, 0.2) is 0 Å². The van der Waals surface area contributed by atoms with Crippen LogP contribution in [0.2, 0.25) is 5.15 Å². The molecule has 3 aromatic rings. The van der Waals surface area contributed by atoms with Crippen molar-refractivity contribution in [3.8, 4) is 0 Å². The number of thioether (sulfide) groups is 1. The lowest BCUT2D eigenvalue weighted by atomic mass is 10.2. The molecular formula is C17H13ClF2N4O2S. The second-order valence-electron chi connectivity index (χ2n) is 5.39. The van der Waals surface area contributed by atoms with Crippen molar-refractivity contribution in [3.05, 3.63) is 64.9 Å². The zero-order chi connectivity index (χ0) is 19.4. The van der Waals surface area contributed by atoms with E-state index in [0.717, 1.165) is 10.5 Å². The highest BCUT2D eigenvalue weighted by molar-refractivity contribution is 7.98. The van der Waals surface area contributed by atoms with Gasteiger partial charge in [0.2, 0.25) is 0 Å². The van der Waals surface area contributed by atoms with Gasteiger partial charge in [-0.15, -0.1) is 11.8 Å². The number of hydrogen-bond acceptors (Lipinski definition) is 4. The number of halogens is 3. The van der Waals surface area contributed by atoms with E-state index in [1.807, 2.05) is 35.8 Å². The molecule has 2 heterocycles. The number of hydrazine groups is 1. The normalized spacial score (nSPS) is 11.0. The number of fused-ring (bicyclic) bond motifs is 1. The third kappa shape index (κ3) is 4.55. The number of aromatic nitrogens is 2. The van der Waals surface area contributed by atoms with Crippen LogP contribution in [0.1, 0.15) is 15.9 Å². The molecule has 0 fully saturated rings. The quantitative estimate of drug-likeness (QED) is 0.384. The van der Waals surface area contributed by atoms with Crippen LogP contribution in [0.25, 0.3) is 5.52 Å². The SMILES string of the molecule is O=C(NNC(=O)C(F)F)c1cnn2c(Cl)cc(SCc3ccccc3)cc12. The van der Waals surface area contributed by atoms with E-state index >= 15 is 0 Å². The van der Waals surface area contributed by atoms with E-state index in [0.29, 0.717) is 16.4 Å². The molecule has 0 unspecified atom stereocenters. The van der Waals surface area contributed by atoms with Crippen LogP contribution < -0.4 is 10.9 Å². The second-order valence-corrected chi connectivity index (χ2v) is 6.82. The predicted molar refractivity (Wildman–Crippen MR) is 97.8 cm³/mol. The molecule has 10 heteroatoms. The summed E-state index contributed by atoms with van der Waals surface area (Å²) in [4.78, 5) is 23.9. The van der Waals surface area contributed by atoms with E-state index in [-0.39, 0.29) is 5.56 Å². The Bertz CT molecular complexity index is 982. The molecule has 2 aromatic heterocycles. The van der Waals surface area contributed by atoms with Crippen LogP contribution in [0.15, 0.2) is 53.6 Å². The van der Waals surface area contributed by atoms with Gasteiger partial charge in [0.1, 0.15) is 5.15 Å². The molecule has 0 aliphatic rings. The molecule has 6 nitrogen and oxygen atoms in total. The fourth-order valence-electron chi connectivity index (χ4n) is 2.26. The van der Waals surface area contributed by atoms with Crippen molar-refractivity contribution in [1.29, 1.82) is 0 Å². The molecule has 27 heavy (non-hydrogen) atoms. The smallest absolute Gasteiger partial charge is 0.267 e. The van der Waals surface area contributed by atoms with Gasteiger partial charge in [-0.05, 0) is 17.7 Å². The van der Waals surface area contributed by atoms with E-state index in [4.69, 9.17) is 11.6 Å². The maximum atomic E-state index is 12.2. The van der Waals surface area contributed by atoms with Gasteiger partial charge in [-0.25, -0.2) is 4.52 Å². The first-order valence-electron chi connectivity index (χ1n) is 7.68. The van der Waals surface area contributed by atoms with Crippen LogP contribution in [-0.4, -0.2) is 27.9 Å². The Morgan fingerprint density at radius 1 is 1.19 bits per heavy atom. The Morgan fingerprint density at radius 2 is 1.93 bits per heavy atom. The summed E-state index contributed by atoms with van der Waals surface area (Å²) < 4.78 is 25.8. The molecule has 3 rings (SSSR count). The standard InChI is InChI=1S/C17H13ClF2N4O2S/c18-14-7-11(27-9-10-4-2-1-3-5-10)6-13-12(8-21-24(13)14)16(25)22-23-17(26)15(19)20/h1-8,15H,9H2,(H,22,25)(H,23,26). The van der Waals surface area contributed by atoms with Crippen molar-refractivity contribution in [2.24, 2.45) is 0 Å². The molecule has 0 saturated carbocycles. The minimum Gasteiger partial charge on any atom is -0.267 e. The largest absolute Gasteiger partial charge is 0.317 e. The molecule has 0 atom stereocenters. The molecule has 0 bridgehead atoms. The van der Waals surface area contributed by atoms with Crippen LogP contribution >= 0.6 is 23.4 Å². The molecule has 0 aliphatic carbocycles. The van der Waals surface area contributed by atoms with Gasteiger partial charge < -0.3 is 0 Å². The fourth-order valence-corrected chi connectivity index (χ4v) is 3.49. The van der Waals surface area contributed by atoms with E-state index in [9.17, 15) is 18.4 Å². The number of hydrogen-bond donors (Lipinski definition) is 2. The number of rotatable bonds is 5. The summed E-state index contributed by atoms with van der Waals surface area (Å²) in [6.07, 6.45) is -1.99. The Balaban J connectivity index is 1.80. The summed E-state index contributed by atoms with van der Waals surface area (Å²) in [7, 11) is 0. The minimum atomic E-state index is -3.23. The van der Waals surface area contributed by atoms with Gasteiger partial charge in [0.25, 0.3) is 5.91 Å². The number of carbonyl (C=O) groups is 2. The highest BCUT2D eigenvalue weighted by Crippen LogP contribution is 2.28. The Labute approximate surface area is 161 Å².